The van der Waals surface area contributed by atoms with Crippen LogP contribution in [0.5, 0.6) is 0 Å². The van der Waals surface area contributed by atoms with Crippen LogP contribution in [-0.2, 0) is 9.59 Å². The van der Waals surface area contributed by atoms with Crippen LogP contribution in [0.4, 0.5) is 0 Å². The standard InChI is InChI=1S/C17H34N2O2/c1-5-7-9-11-13-16(18-4)17(21)19-15(14(3)20)12-10-8-6-2/h15-16,18H,5-13H2,1-4H3,(H,19,21). The van der Waals surface area contributed by atoms with Gasteiger partial charge in [0.2, 0.25) is 5.91 Å². The number of carbonyl (C=O) groups is 2. The van der Waals surface area contributed by atoms with Gasteiger partial charge in [0.1, 0.15) is 0 Å². The van der Waals surface area contributed by atoms with Crippen molar-refractivity contribution in [1.29, 1.82) is 0 Å². The Balaban J connectivity index is 4.25. The van der Waals surface area contributed by atoms with E-state index in [0.717, 1.165) is 44.9 Å². The van der Waals surface area contributed by atoms with Crippen LogP contribution in [0.25, 0.3) is 0 Å². The minimum Gasteiger partial charge on any atom is -0.345 e. The van der Waals surface area contributed by atoms with E-state index in [1.165, 1.54) is 12.8 Å². The summed E-state index contributed by atoms with van der Waals surface area (Å²) in [6, 6.07) is -0.509. The average molecular weight is 298 g/mol. The zero-order chi connectivity index (χ0) is 16.1. The monoisotopic (exact) mass is 298 g/mol. The Labute approximate surface area is 130 Å². The van der Waals surface area contributed by atoms with Crippen molar-refractivity contribution in [2.45, 2.75) is 90.6 Å². The number of ketones is 1. The second kappa shape index (κ2) is 12.8. The number of nitrogens with one attached hydrogen (secondary N) is 2. The molecule has 2 unspecified atom stereocenters. The number of carbonyl (C=O) groups excluding carboxylic acids is 2. The summed E-state index contributed by atoms with van der Waals surface area (Å²) < 4.78 is 0. The van der Waals surface area contributed by atoms with Gasteiger partial charge in [-0.25, -0.2) is 0 Å². The molecule has 0 aromatic heterocycles. The van der Waals surface area contributed by atoms with E-state index in [-0.39, 0.29) is 23.8 Å². The molecule has 2 N–H and O–H groups in total. The van der Waals surface area contributed by atoms with Gasteiger partial charge < -0.3 is 10.6 Å². The summed E-state index contributed by atoms with van der Waals surface area (Å²) in [5, 5.41) is 5.98. The second-order valence-electron chi connectivity index (χ2n) is 5.86. The molecule has 21 heavy (non-hydrogen) atoms. The van der Waals surface area contributed by atoms with Crippen molar-refractivity contribution < 1.29 is 9.59 Å². The van der Waals surface area contributed by atoms with Crippen molar-refractivity contribution >= 4 is 11.7 Å². The lowest BCUT2D eigenvalue weighted by Gasteiger charge is -2.21. The molecule has 0 heterocycles. The van der Waals surface area contributed by atoms with Crippen LogP contribution < -0.4 is 10.6 Å². The van der Waals surface area contributed by atoms with E-state index >= 15 is 0 Å². The predicted molar refractivity (Wildman–Crippen MR) is 88.4 cm³/mol. The lowest BCUT2D eigenvalue weighted by Crippen LogP contribution is -2.48. The van der Waals surface area contributed by atoms with Crippen molar-refractivity contribution in [1.82, 2.24) is 10.6 Å². The number of hydrogen-bond acceptors (Lipinski definition) is 3. The van der Waals surface area contributed by atoms with Gasteiger partial charge in [0.05, 0.1) is 12.1 Å². The van der Waals surface area contributed by atoms with E-state index in [0.29, 0.717) is 0 Å². The summed E-state index contributed by atoms with van der Waals surface area (Å²) in [6.07, 6.45) is 9.42. The van der Waals surface area contributed by atoms with Crippen LogP contribution in [0.15, 0.2) is 0 Å². The molecule has 0 radical (unpaired) electrons. The fourth-order valence-electron chi connectivity index (χ4n) is 2.43. The van der Waals surface area contributed by atoms with E-state index in [4.69, 9.17) is 0 Å². The van der Waals surface area contributed by atoms with Gasteiger partial charge in [-0.05, 0) is 26.8 Å². The molecule has 4 heteroatoms. The van der Waals surface area contributed by atoms with E-state index < -0.39 is 0 Å². The van der Waals surface area contributed by atoms with Gasteiger partial charge in [0.25, 0.3) is 0 Å². The van der Waals surface area contributed by atoms with Crippen molar-refractivity contribution in [3.05, 3.63) is 0 Å². The zero-order valence-corrected chi connectivity index (χ0v) is 14.3. The minimum absolute atomic E-state index is 0.0364. The highest BCUT2D eigenvalue weighted by molar-refractivity contribution is 5.89. The number of likely N-dealkylation sites (N-methyl/N-ethyl adjacent to an activating group) is 1. The number of amides is 1. The molecule has 0 aliphatic rings. The molecule has 0 aromatic carbocycles. The van der Waals surface area contributed by atoms with E-state index in [1.807, 2.05) is 7.05 Å². The molecular formula is C17H34N2O2. The lowest BCUT2D eigenvalue weighted by atomic mass is 10.0. The van der Waals surface area contributed by atoms with E-state index in [2.05, 4.69) is 24.5 Å². The Bertz CT molecular complexity index is 293. The summed E-state index contributed by atoms with van der Waals surface area (Å²) in [7, 11) is 1.81. The third-order valence-corrected chi connectivity index (χ3v) is 3.91. The van der Waals surface area contributed by atoms with Crippen molar-refractivity contribution in [3.63, 3.8) is 0 Å². The first kappa shape index (κ1) is 20.1. The first-order valence-electron chi connectivity index (χ1n) is 8.54. The quantitative estimate of drug-likeness (QED) is 0.513. The number of Topliss-reactive ketones (excluding diaryl/α,β-unsaturated/α-hetero) is 1. The van der Waals surface area contributed by atoms with Gasteiger partial charge >= 0.3 is 0 Å². The molecule has 124 valence electrons. The number of unbranched alkanes of at least 4 members (excludes halogenated alkanes) is 5. The highest BCUT2D eigenvalue weighted by Gasteiger charge is 2.21. The Morgan fingerprint density at radius 2 is 1.38 bits per heavy atom. The number of hydrogen-bond donors (Lipinski definition) is 2. The van der Waals surface area contributed by atoms with Crippen molar-refractivity contribution in [2.24, 2.45) is 0 Å². The predicted octanol–water partition coefficient (Wildman–Crippen LogP) is 3.20. The Morgan fingerprint density at radius 3 is 1.90 bits per heavy atom. The van der Waals surface area contributed by atoms with E-state index in [1.54, 1.807) is 6.92 Å². The third-order valence-electron chi connectivity index (χ3n) is 3.91. The SMILES string of the molecule is CCCCCCC(NC)C(=O)NC(CCCCC)C(C)=O. The van der Waals surface area contributed by atoms with Gasteiger partial charge in [-0.1, -0.05) is 58.8 Å². The maximum Gasteiger partial charge on any atom is 0.237 e. The first-order valence-corrected chi connectivity index (χ1v) is 8.54. The molecule has 2 atom stereocenters. The van der Waals surface area contributed by atoms with Crippen molar-refractivity contribution in [3.8, 4) is 0 Å². The van der Waals surface area contributed by atoms with Crippen LogP contribution in [0.1, 0.15) is 78.6 Å². The maximum absolute atomic E-state index is 12.3. The molecule has 0 aromatic rings. The summed E-state index contributed by atoms with van der Waals surface area (Å²) >= 11 is 0. The fraction of sp³-hybridized carbons (Fsp3) is 0.882. The van der Waals surface area contributed by atoms with Crippen LogP contribution in [0.3, 0.4) is 0 Å². The number of rotatable bonds is 13. The van der Waals surface area contributed by atoms with E-state index in [9.17, 15) is 9.59 Å². The Hall–Kier alpha value is -0.900. The van der Waals surface area contributed by atoms with Gasteiger partial charge in [-0.2, -0.15) is 0 Å². The summed E-state index contributed by atoms with van der Waals surface area (Å²) in [6.45, 7) is 5.87. The summed E-state index contributed by atoms with van der Waals surface area (Å²) in [4.78, 5) is 23.9. The summed E-state index contributed by atoms with van der Waals surface area (Å²) in [5.74, 6) is 0.0194. The molecule has 0 fully saturated rings. The molecule has 0 saturated heterocycles. The Morgan fingerprint density at radius 1 is 0.857 bits per heavy atom. The average Bonchev–Trinajstić information content (AvgIpc) is 2.46. The molecule has 0 bridgehead atoms. The molecule has 4 nitrogen and oxygen atoms in total. The van der Waals surface area contributed by atoms with Crippen LogP contribution in [0, 0.1) is 0 Å². The van der Waals surface area contributed by atoms with Crippen LogP contribution >= 0.6 is 0 Å². The molecule has 0 saturated carbocycles. The zero-order valence-electron chi connectivity index (χ0n) is 14.3. The largest absolute Gasteiger partial charge is 0.345 e. The second-order valence-corrected chi connectivity index (χ2v) is 5.86. The van der Waals surface area contributed by atoms with Crippen LogP contribution in [0.2, 0.25) is 0 Å². The van der Waals surface area contributed by atoms with Gasteiger partial charge in [0.15, 0.2) is 5.78 Å². The first-order chi connectivity index (χ1) is 10.1. The highest BCUT2D eigenvalue weighted by atomic mass is 16.2. The third kappa shape index (κ3) is 9.62. The molecule has 0 aliphatic heterocycles. The fourth-order valence-corrected chi connectivity index (χ4v) is 2.43. The van der Waals surface area contributed by atoms with Gasteiger partial charge in [0, 0.05) is 0 Å². The van der Waals surface area contributed by atoms with Crippen molar-refractivity contribution in [2.75, 3.05) is 7.05 Å². The molecule has 1 amide bonds. The molecule has 0 aliphatic carbocycles. The Kier molecular flexibility index (Phi) is 12.3. The summed E-state index contributed by atoms with van der Waals surface area (Å²) in [5.41, 5.74) is 0. The van der Waals surface area contributed by atoms with Crippen LogP contribution in [-0.4, -0.2) is 30.8 Å². The normalized spacial score (nSPS) is 13.7. The van der Waals surface area contributed by atoms with Gasteiger partial charge in [-0.15, -0.1) is 0 Å². The topological polar surface area (TPSA) is 58.2 Å². The minimum atomic E-state index is -0.324. The molecule has 0 spiro atoms. The highest BCUT2D eigenvalue weighted by Crippen LogP contribution is 2.08. The maximum atomic E-state index is 12.3. The molecule has 0 rings (SSSR count). The smallest absolute Gasteiger partial charge is 0.237 e. The molecular weight excluding hydrogens is 264 g/mol. The van der Waals surface area contributed by atoms with Gasteiger partial charge in [-0.3, -0.25) is 9.59 Å². The lowest BCUT2D eigenvalue weighted by molar-refractivity contribution is -0.128.